The summed E-state index contributed by atoms with van der Waals surface area (Å²) in [5.41, 5.74) is 26.7. The Kier molecular flexibility index (Phi) is 19.1. The first-order chi connectivity index (χ1) is 67.5. The van der Waals surface area contributed by atoms with Gasteiger partial charge in [-0.25, -0.2) is 24.9 Å². The maximum atomic E-state index is 5.26. The molecule has 12 nitrogen and oxygen atoms in total. The van der Waals surface area contributed by atoms with Crippen LogP contribution >= 0.6 is 11.3 Å². The quantitative estimate of drug-likeness (QED) is 0.120. The molecule has 19 aromatic carbocycles. The molecule has 0 aliphatic carbocycles. The van der Waals surface area contributed by atoms with Crippen LogP contribution in [0.4, 0.5) is 0 Å². The van der Waals surface area contributed by atoms with Gasteiger partial charge in [-0.15, -0.1) is 11.3 Å². The normalized spacial score (nSPS) is 11.7. The molecule has 28 aromatic rings. The lowest BCUT2D eigenvalue weighted by Gasteiger charge is -2.16. The molecule has 0 unspecified atom stereocenters. The molecule has 0 amide bonds. The molecule has 0 saturated carbocycles. The molecule has 0 atom stereocenters. The molecule has 0 N–H and O–H groups in total. The summed E-state index contributed by atoms with van der Waals surface area (Å²) in [6, 6.07) is 166. The molecule has 0 spiro atoms. The van der Waals surface area contributed by atoms with Gasteiger partial charge in [0.2, 0.25) is 11.9 Å². The van der Waals surface area contributed by atoms with Crippen molar-refractivity contribution >= 4 is 151 Å². The summed E-state index contributed by atoms with van der Waals surface area (Å²) in [7, 11) is 0. The molecule has 0 aliphatic rings. The molecule has 9 aromatic heterocycles. The minimum Gasteiger partial charge on any atom is -0.309 e. The number of nitrogens with zero attached hydrogens (tertiary/aromatic N) is 12. The van der Waals surface area contributed by atoms with E-state index in [4.69, 9.17) is 34.9 Å². The Hall–Kier alpha value is -18.2. The van der Waals surface area contributed by atoms with Crippen LogP contribution in [-0.4, -0.2) is 57.7 Å². The van der Waals surface area contributed by atoms with Gasteiger partial charge in [0.25, 0.3) is 0 Å². The zero-order valence-corrected chi connectivity index (χ0v) is 74.1. The highest BCUT2D eigenvalue weighted by Crippen LogP contribution is 2.46. The standard InChI is InChI=1S/C46H30N4.C44H28N4.C33H20N4S/c1-3-15-31(16-4-1)40-30-41(32-17-5-2-6-18-32)48-46(47-40)33-27-34(49-42-23-11-7-19-36(42)37-20-8-12-24-43(37)49)29-35(28-33)50-44-25-13-9-21-38(44)39-22-10-14-26-45(39)50;1-3-13-29(14-4-1)43-35-19-7-10-20-38(35)45-44(46-43)48-40-22-12-9-18-34(40)37-28-31(24-26-42(37)48)30-23-25-41-36(27-30)33-17-8-11-21-39(33)47(41)32-15-5-2-6-16-32;1-3-11-21(12-4-1)31-34-32(22-13-5-2-6-14-22)36-33(35-31)37-27-17-9-7-15-23(27)25-19-20-26-24-16-8-10-18-28(24)38-30(26)29(25)37/h1-30H;1-28H;1-20H. The summed E-state index contributed by atoms with van der Waals surface area (Å²) in [5, 5.41) is 15.7. The van der Waals surface area contributed by atoms with Gasteiger partial charge >= 0.3 is 0 Å². The second-order valence-electron chi connectivity index (χ2n) is 34.2. The molecular formula is C123H78N12S. The van der Waals surface area contributed by atoms with E-state index in [1.54, 1.807) is 0 Å². The number of thiophene rings is 1. The van der Waals surface area contributed by atoms with Crippen molar-refractivity contribution in [3.8, 4) is 108 Å². The van der Waals surface area contributed by atoms with E-state index in [1.807, 2.05) is 96.3 Å². The third-order valence-electron chi connectivity index (χ3n) is 26.3. The molecule has 136 heavy (non-hydrogen) atoms. The van der Waals surface area contributed by atoms with E-state index in [9.17, 15) is 0 Å². The highest BCUT2D eigenvalue weighted by atomic mass is 32.1. The molecule has 0 fully saturated rings. The first-order valence-corrected chi connectivity index (χ1v) is 46.6. The van der Waals surface area contributed by atoms with E-state index in [0.717, 1.165) is 123 Å². The second kappa shape index (κ2) is 33.0. The van der Waals surface area contributed by atoms with Crippen molar-refractivity contribution in [2.24, 2.45) is 0 Å². The van der Waals surface area contributed by atoms with E-state index >= 15 is 0 Å². The van der Waals surface area contributed by atoms with Crippen LogP contribution in [0.5, 0.6) is 0 Å². The largest absolute Gasteiger partial charge is 0.309 e. The number of hydrogen-bond acceptors (Lipinski definition) is 8. The van der Waals surface area contributed by atoms with Crippen LogP contribution in [0, 0.1) is 0 Å². The molecule has 28 rings (SSSR count). The SMILES string of the molecule is c1ccc(-c2cc(-c3ccccc3)nc(-c3cc(-n4c5ccccc5c5ccccc54)cc(-n4c5ccccc5c5ccccc54)c3)n2)cc1.c1ccc(-c2nc(-c3ccccc3)nc(-n3c4ccccc4c4ccc5c6ccccc6sc5c43)n2)cc1.c1ccc(-c2nc(-n3c4ccccc4c4cc(-c5ccc6c(c5)c5ccccc5n6-c5ccccc5)ccc43)nc3ccccc23)cc1. The minimum absolute atomic E-state index is 0.619. The van der Waals surface area contributed by atoms with Gasteiger partial charge in [0, 0.05) is 125 Å². The highest BCUT2D eigenvalue weighted by Gasteiger charge is 2.26. The summed E-state index contributed by atoms with van der Waals surface area (Å²) in [4.78, 5) is 36.0. The molecule has 636 valence electrons. The van der Waals surface area contributed by atoms with Crippen molar-refractivity contribution in [3.05, 3.63) is 473 Å². The Labute approximate surface area is 784 Å². The van der Waals surface area contributed by atoms with Crippen LogP contribution in [0.2, 0.25) is 0 Å². The number of benzene rings is 19. The summed E-state index contributed by atoms with van der Waals surface area (Å²) < 4.78 is 14.1. The molecule has 0 aliphatic heterocycles. The predicted octanol–water partition coefficient (Wildman–Crippen LogP) is 31.5. The van der Waals surface area contributed by atoms with Crippen LogP contribution in [0.3, 0.4) is 0 Å². The third kappa shape index (κ3) is 13.5. The Morgan fingerprint density at radius 2 is 0.507 bits per heavy atom. The Morgan fingerprint density at radius 3 is 0.985 bits per heavy atom. The van der Waals surface area contributed by atoms with Gasteiger partial charge in [0.05, 0.1) is 82.5 Å². The second-order valence-corrected chi connectivity index (χ2v) is 35.3. The topological polar surface area (TPSA) is 115 Å². The van der Waals surface area contributed by atoms with Gasteiger partial charge in [-0.05, 0) is 126 Å². The van der Waals surface area contributed by atoms with Gasteiger partial charge in [-0.2, -0.15) is 9.97 Å². The zero-order chi connectivity index (χ0) is 89.7. The average Bonchev–Trinajstić information content (AvgIpc) is 1.55. The summed E-state index contributed by atoms with van der Waals surface area (Å²) in [6.45, 7) is 0. The summed E-state index contributed by atoms with van der Waals surface area (Å²) in [6.07, 6.45) is 0. The monoisotopic (exact) mass is 1750 g/mol. The van der Waals surface area contributed by atoms with Crippen LogP contribution in [0.25, 0.3) is 248 Å². The lowest BCUT2D eigenvalue weighted by Crippen LogP contribution is -2.06. The molecule has 0 saturated heterocycles. The minimum atomic E-state index is 0.619. The molecule has 9 heterocycles. The van der Waals surface area contributed by atoms with E-state index in [-0.39, 0.29) is 0 Å². The van der Waals surface area contributed by atoms with Gasteiger partial charge in [-0.3, -0.25) is 9.13 Å². The van der Waals surface area contributed by atoms with Crippen molar-refractivity contribution in [3.63, 3.8) is 0 Å². The van der Waals surface area contributed by atoms with E-state index < -0.39 is 0 Å². The van der Waals surface area contributed by atoms with Crippen LogP contribution < -0.4 is 0 Å². The predicted molar refractivity (Wildman–Crippen MR) is 564 cm³/mol. The van der Waals surface area contributed by atoms with Crippen LogP contribution in [0.1, 0.15) is 0 Å². The fourth-order valence-electron chi connectivity index (χ4n) is 20.2. The fourth-order valence-corrected chi connectivity index (χ4v) is 21.4. The van der Waals surface area contributed by atoms with Crippen molar-refractivity contribution in [1.29, 1.82) is 0 Å². The van der Waals surface area contributed by atoms with Crippen molar-refractivity contribution in [2.75, 3.05) is 0 Å². The van der Waals surface area contributed by atoms with Crippen molar-refractivity contribution in [2.45, 2.75) is 0 Å². The van der Waals surface area contributed by atoms with E-state index in [2.05, 4.69) is 411 Å². The highest BCUT2D eigenvalue weighted by molar-refractivity contribution is 7.26. The fraction of sp³-hybridized carbons (Fsp3) is 0. The first kappa shape index (κ1) is 78.8. The number of rotatable bonds is 12. The zero-order valence-electron chi connectivity index (χ0n) is 73.3. The smallest absolute Gasteiger partial charge is 0.238 e. The lowest BCUT2D eigenvalue weighted by atomic mass is 10.0. The molecular weight excluding hydrogens is 1680 g/mol. The van der Waals surface area contributed by atoms with Gasteiger partial charge in [0.1, 0.15) is 0 Å². The maximum absolute atomic E-state index is 5.26. The van der Waals surface area contributed by atoms with Crippen LogP contribution in [-0.2, 0) is 0 Å². The van der Waals surface area contributed by atoms with Crippen molar-refractivity contribution < 1.29 is 0 Å². The van der Waals surface area contributed by atoms with Crippen molar-refractivity contribution in [1.82, 2.24) is 57.7 Å². The summed E-state index contributed by atoms with van der Waals surface area (Å²) in [5.74, 6) is 3.28. The Bertz CT molecular complexity index is 9200. The van der Waals surface area contributed by atoms with Gasteiger partial charge in [0.15, 0.2) is 17.5 Å². The average molecular weight is 1760 g/mol. The lowest BCUT2D eigenvalue weighted by molar-refractivity contribution is 0.955. The number of para-hydroxylation sites is 9. The molecule has 0 radical (unpaired) electrons. The maximum Gasteiger partial charge on any atom is 0.238 e. The number of fused-ring (bicyclic) bond motifs is 20. The third-order valence-corrected chi connectivity index (χ3v) is 27.5. The Balaban J connectivity index is 0.000000107. The van der Waals surface area contributed by atoms with Crippen LogP contribution in [0.15, 0.2) is 473 Å². The number of aromatic nitrogens is 12. The van der Waals surface area contributed by atoms with E-state index in [1.165, 1.54) is 96.2 Å². The van der Waals surface area contributed by atoms with Gasteiger partial charge in [-0.1, -0.05) is 358 Å². The number of hydrogen-bond donors (Lipinski definition) is 0. The molecule has 0 bridgehead atoms. The first-order valence-electron chi connectivity index (χ1n) is 45.7. The Morgan fingerprint density at radius 1 is 0.169 bits per heavy atom. The summed E-state index contributed by atoms with van der Waals surface area (Å²) >= 11 is 1.82. The molecule has 13 heteroatoms. The van der Waals surface area contributed by atoms with Gasteiger partial charge < -0.3 is 13.7 Å². The van der Waals surface area contributed by atoms with E-state index in [0.29, 0.717) is 29.4 Å².